The number of rotatable bonds is 4. The standard InChI is InChI=1S/C15H15ClF3N5/c16-11-6-5-9(15(17,18)19)7-12(11)22-13-8-20-24-14(23-13)21-10-3-1-2-4-10/h5-8,10H,1-4H2,(H2,21,22,23,24). The van der Waals surface area contributed by atoms with Crippen molar-refractivity contribution in [2.75, 3.05) is 10.6 Å². The molecule has 2 N–H and O–H groups in total. The van der Waals surface area contributed by atoms with E-state index >= 15 is 0 Å². The molecular weight excluding hydrogens is 343 g/mol. The molecule has 2 aromatic rings. The number of anilines is 3. The molecule has 0 saturated heterocycles. The summed E-state index contributed by atoms with van der Waals surface area (Å²) >= 11 is 5.96. The molecule has 1 aromatic carbocycles. The first-order valence-electron chi connectivity index (χ1n) is 7.52. The molecule has 1 fully saturated rings. The van der Waals surface area contributed by atoms with Gasteiger partial charge >= 0.3 is 6.18 Å². The van der Waals surface area contributed by atoms with E-state index in [0.29, 0.717) is 12.0 Å². The molecule has 0 radical (unpaired) electrons. The lowest BCUT2D eigenvalue weighted by molar-refractivity contribution is -0.137. The lowest BCUT2D eigenvalue weighted by Crippen LogP contribution is -2.17. The maximum atomic E-state index is 12.8. The van der Waals surface area contributed by atoms with Crippen LogP contribution in [0.25, 0.3) is 0 Å². The van der Waals surface area contributed by atoms with Crippen LogP contribution in [0.4, 0.5) is 30.6 Å². The maximum absolute atomic E-state index is 12.8. The molecule has 3 rings (SSSR count). The highest BCUT2D eigenvalue weighted by atomic mass is 35.5. The van der Waals surface area contributed by atoms with Crippen LogP contribution in [0.3, 0.4) is 0 Å². The van der Waals surface area contributed by atoms with Crippen LogP contribution in [0.5, 0.6) is 0 Å². The fraction of sp³-hybridized carbons (Fsp3) is 0.400. The molecular formula is C15H15ClF3N5. The summed E-state index contributed by atoms with van der Waals surface area (Å²) in [6, 6.07) is 3.37. The molecule has 0 bridgehead atoms. The van der Waals surface area contributed by atoms with Crippen LogP contribution in [-0.2, 0) is 6.18 Å². The van der Waals surface area contributed by atoms with Gasteiger partial charge in [0.2, 0.25) is 5.95 Å². The van der Waals surface area contributed by atoms with E-state index in [0.717, 1.165) is 37.8 Å². The van der Waals surface area contributed by atoms with Crippen molar-refractivity contribution in [3.63, 3.8) is 0 Å². The molecule has 0 atom stereocenters. The first kappa shape index (κ1) is 16.8. The van der Waals surface area contributed by atoms with Gasteiger partial charge in [-0.1, -0.05) is 24.4 Å². The van der Waals surface area contributed by atoms with E-state index in [1.807, 2.05) is 0 Å². The number of nitrogens with one attached hydrogen (secondary N) is 2. The number of alkyl halides is 3. The van der Waals surface area contributed by atoms with Crippen LogP contribution in [0, 0.1) is 0 Å². The van der Waals surface area contributed by atoms with Crippen LogP contribution in [-0.4, -0.2) is 21.2 Å². The van der Waals surface area contributed by atoms with E-state index in [1.165, 1.54) is 12.3 Å². The third kappa shape index (κ3) is 4.05. The molecule has 5 nitrogen and oxygen atoms in total. The summed E-state index contributed by atoms with van der Waals surface area (Å²) in [4.78, 5) is 4.23. The van der Waals surface area contributed by atoms with Crippen LogP contribution in [0.15, 0.2) is 24.4 Å². The number of halogens is 4. The van der Waals surface area contributed by atoms with Gasteiger partial charge in [-0.15, -0.1) is 5.10 Å². The summed E-state index contributed by atoms with van der Waals surface area (Å²) < 4.78 is 38.4. The first-order valence-corrected chi connectivity index (χ1v) is 7.89. The monoisotopic (exact) mass is 357 g/mol. The largest absolute Gasteiger partial charge is 0.416 e. The van der Waals surface area contributed by atoms with E-state index in [-0.39, 0.29) is 16.5 Å². The molecule has 0 amide bonds. The zero-order valence-electron chi connectivity index (χ0n) is 12.6. The highest BCUT2D eigenvalue weighted by molar-refractivity contribution is 6.33. The Morgan fingerprint density at radius 2 is 1.92 bits per heavy atom. The smallest absolute Gasteiger partial charge is 0.350 e. The summed E-state index contributed by atoms with van der Waals surface area (Å²) in [5.41, 5.74) is -0.681. The zero-order valence-corrected chi connectivity index (χ0v) is 13.3. The highest BCUT2D eigenvalue weighted by Gasteiger charge is 2.31. The average Bonchev–Trinajstić information content (AvgIpc) is 3.02. The Bertz CT molecular complexity index is 716. The Morgan fingerprint density at radius 3 is 2.62 bits per heavy atom. The Morgan fingerprint density at radius 1 is 1.17 bits per heavy atom. The second-order valence-corrected chi connectivity index (χ2v) is 6.02. The molecule has 1 aliphatic rings. The van der Waals surface area contributed by atoms with E-state index < -0.39 is 11.7 Å². The van der Waals surface area contributed by atoms with Crippen LogP contribution >= 0.6 is 11.6 Å². The molecule has 9 heteroatoms. The van der Waals surface area contributed by atoms with Crippen molar-refractivity contribution in [3.8, 4) is 0 Å². The Hall–Kier alpha value is -2.09. The topological polar surface area (TPSA) is 62.7 Å². The van der Waals surface area contributed by atoms with Crippen molar-refractivity contribution in [1.29, 1.82) is 0 Å². The predicted octanol–water partition coefficient (Wildman–Crippen LogP) is 4.64. The summed E-state index contributed by atoms with van der Waals surface area (Å²) in [5, 5.41) is 13.8. The molecule has 0 unspecified atom stereocenters. The average molecular weight is 358 g/mol. The van der Waals surface area contributed by atoms with E-state index in [4.69, 9.17) is 11.6 Å². The lowest BCUT2D eigenvalue weighted by atomic mass is 10.2. The van der Waals surface area contributed by atoms with Gasteiger partial charge in [-0.05, 0) is 31.0 Å². The number of nitrogens with zero attached hydrogens (tertiary/aromatic N) is 3. The summed E-state index contributed by atoms with van der Waals surface area (Å²) in [5.74, 6) is 0.613. The van der Waals surface area contributed by atoms with Crippen LogP contribution < -0.4 is 10.6 Å². The summed E-state index contributed by atoms with van der Waals surface area (Å²) in [6.07, 6.45) is 1.28. The first-order chi connectivity index (χ1) is 11.4. The van der Waals surface area contributed by atoms with Crippen molar-refractivity contribution >= 4 is 29.1 Å². The second-order valence-electron chi connectivity index (χ2n) is 5.61. The minimum atomic E-state index is -4.44. The van der Waals surface area contributed by atoms with E-state index in [9.17, 15) is 13.2 Å². The van der Waals surface area contributed by atoms with Crippen LogP contribution in [0.2, 0.25) is 5.02 Å². The third-order valence-corrected chi connectivity index (χ3v) is 4.13. The molecule has 24 heavy (non-hydrogen) atoms. The Balaban J connectivity index is 1.78. The molecule has 1 aromatic heterocycles. The van der Waals surface area contributed by atoms with Crippen molar-refractivity contribution < 1.29 is 13.2 Å². The van der Waals surface area contributed by atoms with Crippen LogP contribution in [0.1, 0.15) is 31.2 Å². The number of hydrogen-bond acceptors (Lipinski definition) is 5. The summed E-state index contributed by atoms with van der Waals surface area (Å²) in [6.45, 7) is 0. The second kappa shape index (κ2) is 6.80. The molecule has 128 valence electrons. The lowest BCUT2D eigenvalue weighted by Gasteiger charge is -2.13. The van der Waals surface area contributed by atoms with Crippen molar-refractivity contribution in [3.05, 3.63) is 35.0 Å². The summed E-state index contributed by atoms with van der Waals surface area (Å²) in [7, 11) is 0. The zero-order chi connectivity index (χ0) is 17.2. The van der Waals surface area contributed by atoms with Gasteiger partial charge in [0.1, 0.15) is 0 Å². The molecule has 1 aliphatic carbocycles. The number of hydrogen-bond donors (Lipinski definition) is 2. The fourth-order valence-corrected chi connectivity index (χ4v) is 2.78. The minimum absolute atomic E-state index is 0.110. The van der Waals surface area contributed by atoms with Gasteiger partial charge in [0.25, 0.3) is 0 Å². The SMILES string of the molecule is FC(F)(F)c1ccc(Cl)c(Nc2cnnc(NC3CCCC3)n2)c1. The van der Waals surface area contributed by atoms with Crippen molar-refractivity contribution in [2.24, 2.45) is 0 Å². The Labute approximate surface area is 141 Å². The normalized spacial score (nSPS) is 15.5. The van der Waals surface area contributed by atoms with Gasteiger partial charge < -0.3 is 10.6 Å². The van der Waals surface area contributed by atoms with Gasteiger partial charge in [-0.2, -0.15) is 23.3 Å². The molecule has 1 heterocycles. The maximum Gasteiger partial charge on any atom is 0.416 e. The van der Waals surface area contributed by atoms with Gasteiger partial charge in [0.15, 0.2) is 5.82 Å². The quantitative estimate of drug-likeness (QED) is 0.834. The van der Waals surface area contributed by atoms with E-state index in [2.05, 4.69) is 25.8 Å². The molecule has 0 spiro atoms. The fourth-order valence-electron chi connectivity index (χ4n) is 2.61. The van der Waals surface area contributed by atoms with E-state index in [1.54, 1.807) is 0 Å². The van der Waals surface area contributed by atoms with Gasteiger partial charge in [-0.3, -0.25) is 0 Å². The van der Waals surface area contributed by atoms with Crippen molar-refractivity contribution in [2.45, 2.75) is 37.9 Å². The third-order valence-electron chi connectivity index (χ3n) is 3.80. The van der Waals surface area contributed by atoms with Gasteiger partial charge in [-0.25, -0.2) is 0 Å². The Kier molecular flexibility index (Phi) is 4.75. The van der Waals surface area contributed by atoms with Gasteiger partial charge in [0.05, 0.1) is 22.5 Å². The minimum Gasteiger partial charge on any atom is -0.350 e. The molecule has 0 aliphatic heterocycles. The number of aromatic nitrogens is 3. The highest BCUT2D eigenvalue weighted by Crippen LogP contribution is 2.34. The predicted molar refractivity (Wildman–Crippen MR) is 85.4 cm³/mol. The number of benzene rings is 1. The van der Waals surface area contributed by atoms with Crippen molar-refractivity contribution in [1.82, 2.24) is 15.2 Å². The van der Waals surface area contributed by atoms with Gasteiger partial charge in [0, 0.05) is 6.04 Å². The molecule has 1 saturated carbocycles.